The van der Waals surface area contributed by atoms with Crippen molar-refractivity contribution >= 4 is 20.7 Å². The first-order chi connectivity index (χ1) is 10.8. The van der Waals surface area contributed by atoms with Crippen LogP contribution in [0.1, 0.15) is 5.69 Å². The molecule has 0 amide bonds. The molecule has 2 rings (SSSR count). The molecule has 1 aromatic heterocycles. The van der Waals surface area contributed by atoms with Crippen LogP contribution in [0.4, 0.5) is 0 Å². The normalized spacial score (nSPS) is 11.7. The van der Waals surface area contributed by atoms with Gasteiger partial charge in [0.15, 0.2) is 0 Å². The first-order valence-corrected chi connectivity index (χ1v) is 11.5. The number of ether oxygens (including phenoxy) is 1. The molecule has 0 fully saturated rings. The van der Waals surface area contributed by atoms with Crippen LogP contribution >= 0.6 is 0 Å². The van der Waals surface area contributed by atoms with Crippen molar-refractivity contribution in [2.75, 3.05) is 6.61 Å². The van der Waals surface area contributed by atoms with E-state index in [9.17, 15) is 10.0 Å². The smallest absolute Gasteiger partial charge is 0.423 e. The van der Waals surface area contributed by atoms with Crippen LogP contribution in [-0.2, 0) is 11.5 Å². The molecule has 1 heterocycles. The summed E-state index contributed by atoms with van der Waals surface area (Å²) in [6.07, 6.45) is 1.80. The predicted octanol–water partition coefficient (Wildman–Crippen LogP) is 1.85. The van der Waals surface area contributed by atoms with Gasteiger partial charge in [0, 0.05) is 32.1 Å². The van der Waals surface area contributed by atoms with E-state index < -0.39 is 15.2 Å². The summed E-state index contributed by atoms with van der Waals surface area (Å²) < 4.78 is 7.84. The lowest BCUT2D eigenvalue weighted by molar-refractivity contribution is 0.0870. The highest BCUT2D eigenvalue weighted by Crippen LogP contribution is 2.19. The van der Waals surface area contributed by atoms with Crippen molar-refractivity contribution in [3.63, 3.8) is 0 Å². The van der Waals surface area contributed by atoms with Crippen LogP contribution in [0.3, 0.4) is 0 Å². The molecule has 0 aliphatic heterocycles. The molecule has 23 heavy (non-hydrogen) atoms. The van der Waals surface area contributed by atoms with Crippen molar-refractivity contribution in [3.05, 3.63) is 36.2 Å². The zero-order valence-corrected chi connectivity index (χ0v) is 15.3. The topological polar surface area (TPSA) is 67.5 Å². The van der Waals surface area contributed by atoms with Crippen molar-refractivity contribution < 1.29 is 14.8 Å². The average Bonchev–Trinajstić information content (AvgIpc) is 2.84. The summed E-state index contributed by atoms with van der Waals surface area (Å²) in [6.45, 7) is 10.2. The van der Waals surface area contributed by atoms with Gasteiger partial charge < -0.3 is 19.4 Å². The van der Waals surface area contributed by atoms with E-state index in [1.807, 2.05) is 17.6 Å². The van der Waals surface area contributed by atoms with E-state index in [0.717, 1.165) is 29.7 Å². The second-order valence-electron chi connectivity index (χ2n) is 7.00. The van der Waals surface area contributed by atoms with Gasteiger partial charge in [-0.3, -0.25) is 0 Å². The lowest BCUT2D eigenvalue weighted by Gasteiger charge is -2.16. The SMILES string of the molecule is Cc1cnc(-c2cccc(B(O)O)c2)n1COCC[Si](C)(C)C. The van der Waals surface area contributed by atoms with Crippen LogP contribution in [0.2, 0.25) is 25.7 Å². The first-order valence-electron chi connectivity index (χ1n) is 7.84. The van der Waals surface area contributed by atoms with Gasteiger partial charge in [0.1, 0.15) is 12.6 Å². The second-order valence-corrected chi connectivity index (χ2v) is 12.6. The Kier molecular flexibility index (Phi) is 5.80. The molecule has 0 atom stereocenters. The Labute approximate surface area is 139 Å². The van der Waals surface area contributed by atoms with E-state index in [2.05, 4.69) is 24.6 Å². The van der Waals surface area contributed by atoms with Crippen LogP contribution in [0.25, 0.3) is 11.4 Å². The third kappa shape index (κ3) is 5.04. The van der Waals surface area contributed by atoms with Gasteiger partial charge in [-0.15, -0.1) is 0 Å². The van der Waals surface area contributed by atoms with E-state index >= 15 is 0 Å². The van der Waals surface area contributed by atoms with Gasteiger partial charge in [0.2, 0.25) is 0 Å². The van der Waals surface area contributed by atoms with Gasteiger partial charge >= 0.3 is 7.12 Å². The highest BCUT2D eigenvalue weighted by Gasteiger charge is 2.15. The van der Waals surface area contributed by atoms with Gasteiger partial charge in [0.25, 0.3) is 0 Å². The molecule has 1 aromatic carbocycles. The third-order valence-corrected chi connectivity index (χ3v) is 5.42. The molecule has 7 heteroatoms. The van der Waals surface area contributed by atoms with Crippen LogP contribution in [0.15, 0.2) is 30.5 Å². The van der Waals surface area contributed by atoms with E-state index in [4.69, 9.17) is 4.74 Å². The highest BCUT2D eigenvalue weighted by atomic mass is 28.3. The molecule has 2 N–H and O–H groups in total. The molecule has 0 saturated carbocycles. The standard InChI is InChI=1S/C16H25BN2O3Si/c1-13-11-18-16(14-6-5-7-15(10-14)17(20)21)19(13)12-22-8-9-23(2,3)4/h5-7,10-11,20-21H,8-9,12H2,1-4H3. The average molecular weight is 332 g/mol. The maximum absolute atomic E-state index is 9.33. The number of hydrogen-bond acceptors (Lipinski definition) is 4. The van der Waals surface area contributed by atoms with E-state index in [1.165, 1.54) is 0 Å². The Hall–Kier alpha value is -1.41. The molecule has 0 radical (unpaired) electrons. The van der Waals surface area contributed by atoms with Crippen LogP contribution in [0.5, 0.6) is 0 Å². The van der Waals surface area contributed by atoms with E-state index in [0.29, 0.717) is 12.2 Å². The summed E-state index contributed by atoms with van der Waals surface area (Å²) in [5.41, 5.74) is 2.31. The van der Waals surface area contributed by atoms with Crippen molar-refractivity contribution in [2.45, 2.75) is 39.3 Å². The molecule has 0 bridgehead atoms. The Morgan fingerprint density at radius 1 is 1.26 bits per heavy atom. The van der Waals surface area contributed by atoms with E-state index in [1.54, 1.807) is 24.4 Å². The van der Waals surface area contributed by atoms with Gasteiger partial charge in [-0.25, -0.2) is 4.98 Å². The minimum atomic E-state index is -1.48. The summed E-state index contributed by atoms with van der Waals surface area (Å²) in [5.74, 6) is 0.776. The van der Waals surface area contributed by atoms with Crippen molar-refractivity contribution in [2.24, 2.45) is 0 Å². The van der Waals surface area contributed by atoms with Gasteiger partial charge in [-0.1, -0.05) is 43.9 Å². The number of hydrogen-bond donors (Lipinski definition) is 2. The minimum Gasteiger partial charge on any atom is -0.423 e. The van der Waals surface area contributed by atoms with Crippen LogP contribution in [-0.4, -0.2) is 41.4 Å². The zero-order valence-electron chi connectivity index (χ0n) is 14.3. The van der Waals surface area contributed by atoms with Gasteiger partial charge in [-0.05, 0) is 18.4 Å². The van der Waals surface area contributed by atoms with Crippen molar-refractivity contribution in [1.29, 1.82) is 0 Å². The highest BCUT2D eigenvalue weighted by molar-refractivity contribution is 6.76. The molecule has 0 spiro atoms. The number of rotatable bonds is 7. The number of aromatic nitrogens is 2. The molecular formula is C16H25BN2O3Si. The van der Waals surface area contributed by atoms with Crippen molar-refractivity contribution in [3.8, 4) is 11.4 Å². The summed E-state index contributed by atoms with van der Waals surface area (Å²) in [5, 5.41) is 18.7. The summed E-state index contributed by atoms with van der Waals surface area (Å²) in [6, 6.07) is 8.25. The second kappa shape index (κ2) is 7.44. The van der Waals surface area contributed by atoms with E-state index in [-0.39, 0.29) is 0 Å². The van der Waals surface area contributed by atoms with Crippen molar-refractivity contribution in [1.82, 2.24) is 9.55 Å². The maximum Gasteiger partial charge on any atom is 0.488 e. The Morgan fingerprint density at radius 2 is 2.00 bits per heavy atom. The quantitative estimate of drug-likeness (QED) is 0.600. The lowest BCUT2D eigenvalue weighted by atomic mass is 9.79. The lowest BCUT2D eigenvalue weighted by Crippen LogP contribution is -2.29. The largest absolute Gasteiger partial charge is 0.488 e. The molecule has 0 aliphatic carbocycles. The molecule has 0 saturated heterocycles. The maximum atomic E-state index is 9.33. The number of aryl methyl sites for hydroxylation is 1. The molecule has 124 valence electrons. The fourth-order valence-corrected chi connectivity index (χ4v) is 2.98. The fraction of sp³-hybridized carbons (Fsp3) is 0.438. The third-order valence-electron chi connectivity index (χ3n) is 3.71. The molecule has 2 aromatic rings. The zero-order chi connectivity index (χ0) is 17.0. The Morgan fingerprint density at radius 3 is 2.65 bits per heavy atom. The number of imidazole rings is 1. The monoisotopic (exact) mass is 332 g/mol. The van der Waals surface area contributed by atoms with Crippen LogP contribution in [0, 0.1) is 6.92 Å². The minimum absolute atomic E-state index is 0.453. The molecular weight excluding hydrogens is 307 g/mol. The molecule has 0 aliphatic rings. The predicted molar refractivity (Wildman–Crippen MR) is 96.3 cm³/mol. The van der Waals surface area contributed by atoms with Crippen LogP contribution < -0.4 is 5.46 Å². The van der Waals surface area contributed by atoms with Gasteiger partial charge in [0.05, 0.1) is 0 Å². The fourth-order valence-electron chi connectivity index (χ4n) is 2.23. The Bertz CT molecular complexity index is 653. The summed E-state index contributed by atoms with van der Waals surface area (Å²) in [4.78, 5) is 4.44. The molecule has 0 unspecified atom stereocenters. The number of nitrogens with zero attached hydrogens (tertiary/aromatic N) is 2. The van der Waals surface area contributed by atoms with Gasteiger partial charge in [-0.2, -0.15) is 0 Å². The number of benzene rings is 1. The first kappa shape index (κ1) is 17.9. The molecule has 5 nitrogen and oxygen atoms in total. The summed E-state index contributed by atoms with van der Waals surface area (Å²) in [7, 11) is -2.58. The Balaban J connectivity index is 2.14. The summed E-state index contributed by atoms with van der Waals surface area (Å²) >= 11 is 0.